The summed E-state index contributed by atoms with van der Waals surface area (Å²) in [5.41, 5.74) is 9.02. The van der Waals surface area contributed by atoms with Crippen LogP contribution >= 0.6 is 0 Å². The van der Waals surface area contributed by atoms with E-state index in [4.69, 9.17) is 5.73 Å². The van der Waals surface area contributed by atoms with Crippen LogP contribution in [0.1, 0.15) is 21.6 Å². The number of hydrogen-bond donors (Lipinski definition) is 2. The molecule has 1 amide bonds. The van der Waals surface area contributed by atoms with Gasteiger partial charge in [-0.3, -0.25) is 9.78 Å². The second kappa shape index (κ2) is 5.31. The highest BCUT2D eigenvalue weighted by Crippen LogP contribution is 2.12. The monoisotopic (exact) mass is 241 g/mol. The van der Waals surface area contributed by atoms with Gasteiger partial charge < -0.3 is 11.1 Å². The number of nitrogens with one attached hydrogen (secondary N) is 1. The topological polar surface area (TPSA) is 68.0 Å². The van der Waals surface area contributed by atoms with Crippen LogP contribution in [-0.4, -0.2) is 17.9 Å². The first-order chi connectivity index (χ1) is 8.69. The third kappa shape index (κ3) is 2.85. The summed E-state index contributed by atoms with van der Waals surface area (Å²) in [6.07, 6.45) is 2.41. The highest BCUT2D eigenvalue weighted by atomic mass is 16.1. The molecule has 0 saturated carbocycles. The Morgan fingerprint density at radius 3 is 2.61 bits per heavy atom. The number of carbonyl (C=O) groups excluding carboxylic acids is 1. The molecular weight excluding hydrogens is 226 g/mol. The Bertz CT molecular complexity index is 549. The number of pyridine rings is 1. The van der Waals surface area contributed by atoms with Crippen LogP contribution < -0.4 is 11.1 Å². The third-order valence-corrected chi connectivity index (χ3v) is 2.67. The van der Waals surface area contributed by atoms with E-state index in [9.17, 15) is 4.79 Å². The van der Waals surface area contributed by atoms with E-state index in [2.05, 4.69) is 10.3 Å². The number of carbonyl (C=O) groups is 1. The van der Waals surface area contributed by atoms with Crippen LogP contribution in [0.3, 0.4) is 0 Å². The second-order valence-corrected chi connectivity index (χ2v) is 4.05. The lowest BCUT2D eigenvalue weighted by Gasteiger charge is -2.04. The normalized spacial score (nSPS) is 10.1. The Kier molecular flexibility index (Phi) is 3.57. The van der Waals surface area contributed by atoms with E-state index in [1.807, 2.05) is 30.3 Å². The molecule has 92 valence electrons. The molecule has 2 rings (SSSR count). The highest BCUT2D eigenvalue weighted by molar-refractivity contribution is 5.92. The van der Waals surface area contributed by atoms with Crippen LogP contribution in [0.2, 0.25) is 0 Å². The molecule has 18 heavy (non-hydrogen) atoms. The van der Waals surface area contributed by atoms with Gasteiger partial charge in [0, 0.05) is 18.9 Å². The maximum Gasteiger partial charge on any atom is 0.269 e. The van der Waals surface area contributed by atoms with Crippen LogP contribution in [0.25, 0.3) is 0 Å². The molecule has 0 atom stereocenters. The van der Waals surface area contributed by atoms with Crippen molar-refractivity contribution in [3.63, 3.8) is 0 Å². The summed E-state index contributed by atoms with van der Waals surface area (Å²) in [5, 5.41) is 2.56. The number of amides is 1. The lowest BCUT2D eigenvalue weighted by Crippen LogP contribution is -2.19. The predicted octanol–water partition coefficient (Wildman–Crippen LogP) is 1.61. The lowest BCUT2D eigenvalue weighted by molar-refractivity contribution is 0.0958. The van der Waals surface area contributed by atoms with Crippen LogP contribution in [0.4, 0.5) is 5.69 Å². The summed E-state index contributed by atoms with van der Waals surface area (Å²) >= 11 is 0. The average molecular weight is 241 g/mol. The standard InChI is InChI=1S/C14H15N3O/c1-16-14(18)13-9-11(6-7-17-13)8-10-2-4-12(15)5-3-10/h2-7,9H,8,15H2,1H3,(H,16,18). The summed E-state index contributed by atoms with van der Waals surface area (Å²) in [5.74, 6) is -0.172. The maximum absolute atomic E-state index is 11.5. The lowest BCUT2D eigenvalue weighted by atomic mass is 10.0. The van der Waals surface area contributed by atoms with Gasteiger partial charge in [-0.25, -0.2) is 0 Å². The molecule has 0 saturated heterocycles. The Balaban J connectivity index is 2.19. The zero-order chi connectivity index (χ0) is 13.0. The van der Waals surface area contributed by atoms with Crippen molar-refractivity contribution in [3.05, 3.63) is 59.4 Å². The van der Waals surface area contributed by atoms with E-state index in [-0.39, 0.29) is 5.91 Å². The van der Waals surface area contributed by atoms with Crippen molar-refractivity contribution in [3.8, 4) is 0 Å². The minimum Gasteiger partial charge on any atom is -0.399 e. The van der Waals surface area contributed by atoms with Gasteiger partial charge in [-0.15, -0.1) is 0 Å². The van der Waals surface area contributed by atoms with Gasteiger partial charge in [-0.1, -0.05) is 12.1 Å². The van der Waals surface area contributed by atoms with Crippen LogP contribution in [0.5, 0.6) is 0 Å². The average Bonchev–Trinajstić information content (AvgIpc) is 2.41. The van der Waals surface area contributed by atoms with Crippen molar-refractivity contribution >= 4 is 11.6 Å². The van der Waals surface area contributed by atoms with Gasteiger partial charge in [0.25, 0.3) is 5.91 Å². The van der Waals surface area contributed by atoms with E-state index in [0.29, 0.717) is 5.69 Å². The fraction of sp³-hybridized carbons (Fsp3) is 0.143. The van der Waals surface area contributed by atoms with Crippen molar-refractivity contribution in [2.75, 3.05) is 12.8 Å². The van der Waals surface area contributed by atoms with Crippen molar-refractivity contribution in [1.82, 2.24) is 10.3 Å². The molecule has 3 N–H and O–H groups in total. The smallest absolute Gasteiger partial charge is 0.269 e. The second-order valence-electron chi connectivity index (χ2n) is 4.05. The van der Waals surface area contributed by atoms with Gasteiger partial charge in [0.1, 0.15) is 5.69 Å². The van der Waals surface area contributed by atoms with E-state index < -0.39 is 0 Å². The Labute approximate surface area is 106 Å². The quantitative estimate of drug-likeness (QED) is 0.802. The fourth-order valence-electron chi connectivity index (χ4n) is 1.71. The zero-order valence-electron chi connectivity index (χ0n) is 10.2. The van der Waals surface area contributed by atoms with Crippen LogP contribution in [0, 0.1) is 0 Å². The molecule has 0 unspecified atom stereocenters. The minimum absolute atomic E-state index is 0.172. The van der Waals surface area contributed by atoms with Gasteiger partial charge in [0.2, 0.25) is 0 Å². The summed E-state index contributed by atoms with van der Waals surface area (Å²) in [6.45, 7) is 0. The zero-order valence-corrected chi connectivity index (χ0v) is 10.2. The molecule has 0 aliphatic rings. The number of nitrogen functional groups attached to an aromatic ring is 1. The maximum atomic E-state index is 11.5. The summed E-state index contributed by atoms with van der Waals surface area (Å²) in [6, 6.07) is 11.4. The number of nitrogens with two attached hydrogens (primary N) is 1. The first-order valence-electron chi connectivity index (χ1n) is 5.70. The van der Waals surface area contributed by atoms with Crippen molar-refractivity contribution in [1.29, 1.82) is 0 Å². The number of benzene rings is 1. The van der Waals surface area contributed by atoms with E-state index in [0.717, 1.165) is 23.2 Å². The molecular formula is C14H15N3O. The Morgan fingerprint density at radius 1 is 1.22 bits per heavy atom. The third-order valence-electron chi connectivity index (χ3n) is 2.67. The highest BCUT2D eigenvalue weighted by Gasteiger charge is 2.05. The molecule has 1 heterocycles. The molecule has 0 aliphatic heterocycles. The molecule has 0 fully saturated rings. The van der Waals surface area contributed by atoms with Crippen molar-refractivity contribution in [2.45, 2.75) is 6.42 Å². The molecule has 0 radical (unpaired) electrons. The predicted molar refractivity (Wildman–Crippen MR) is 71.3 cm³/mol. The van der Waals surface area contributed by atoms with Gasteiger partial charge in [0.05, 0.1) is 0 Å². The number of rotatable bonds is 3. The van der Waals surface area contributed by atoms with Crippen molar-refractivity contribution in [2.24, 2.45) is 0 Å². The number of anilines is 1. The van der Waals surface area contributed by atoms with Gasteiger partial charge >= 0.3 is 0 Å². The summed E-state index contributed by atoms with van der Waals surface area (Å²) < 4.78 is 0. The van der Waals surface area contributed by atoms with Gasteiger partial charge in [0.15, 0.2) is 0 Å². The first kappa shape index (κ1) is 12.1. The molecule has 4 nitrogen and oxygen atoms in total. The van der Waals surface area contributed by atoms with Gasteiger partial charge in [-0.05, 0) is 41.8 Å². The van der Waals surface area contributed by atoms with Crippen LogP contribution in [0.15, 0.2) is 42.6 Å². The van der Waals surface area contributed by atoms with Gasteiger partial charge in [-0.2, -0.15) is 0 Å². The molecule has 2 aromatic rings. The molecule has 0 spiro atoms. The number of nitrogens with zero attached hydrogens (tertiary/aromatic N) is 1. The first-order valence-corrected chi connectivity index (χ1v) is 5.70. The van der Waals surface area contributed by atoms with E-state index >= 15 is 0 Å². The molecule has 1 aromatic carbocycles. The van der Waals surface area contributed by atoms with Crippen LogP contribution in [-0.2, 0) is 6.42 Å². The summed E-state index contributed by atoms with van der Waals surface area (Å²) in [4.78, 5) is 15.5. The fourth-order valence-corrected chi connectivity index (χ4v) is 1.71. The number of hydrogen-bond acceptors (Lipinski definition) is 3. The molecule has 1 aromatic heterocycles. The minimum atomic E-state index is -0.172. The molecule has 0 bridgehead atoms. The Morgan fingerprint density at radius 2 is 1.94 bits per heavy atom. The van der Waals surface area contributed by atoms with Crippen molar-refractivity contribution < 1.29 is 4.79 Å². The Hall–Kier alpha value is -2.36. The largest absolute Gasteiger partial charge is 0.399 e. The molecule has 0 aliphatic carbocycles. The number of aromatic nitrogens is 1. The molecule has 4 heteroatoms. The SMILES string of the molecule is CNC(=O)c1cc(Cc2ccc(N)cc2)ccn1. The van der Waals surface area contributed by atoms with E-state index in [1.54, 1.807) is 19.3 Å². The van der Waals surface area contributed by atoms with E-state index in [1.165, 1.54) is 0 Å². The summed E-state index contributed by atoms with van der Waals surface area (Å²) in [7, 11) is 1.59.